The van der Waals surface area contributed by atoms with Crippen LogP contribution in [0.1, 0.15) is 48.7 Å². The average molecular weight is 514 g/mol. The summed E-state index contributed by atoms with van der Waals surface area (Å²) >= 11 is 0. The number of aryl methyl sites for hydroxylation is 1. The molecule has 3 aliphatic rings. The molecule has 4 aromatic rings. The molecular formula is C27H27N7O4. The third-order valence-corrected chi connectivity index (χ3v) is 7.56. The molecule has 0 bridgehead atoms. The van der Waals surface area contributed by atoms with Crippen LogP contribution in [0.15, 0.2) is 42.9 Å². The molecule has 7 rings (SSSR count). The van der Waals surface area contributed by atoms with Gasteiger partial charge in [0.05, 0.1) is 11.0 Å². The zero-order chi connectivity index (χ0) is 25.7. The van der Waals surface area contributed by atoms with E-state index in [4.69, 9.17) is 19.2 Å². The summed E-state index contributed by atoms with van der Waals surface area (Å²) in [5, 5.41) is 2.70. The van der Waals surface area contributed by atoms with Gasteiger partial charge in [-0.15, -0.1) is 0 Å². The van der Waals surface area contributed by atoms with Crippen molar-refractivity contribution in [1.82, 2.24) is 24.9 Å². The van der Waals surface area contributed by atoms with Crippen LogP contribution in [0.3, 0.4) is 0 Å². The Morgan fingerprint density at radius 1 is 1.16 bits per heavy atom. The predicted molar refractivity (Wildman–Crippen MR) is 138 cm³/mol. The van der Waals surface area contributed by atoms with Crippen molar-refractivity contribution >= 4 is 28.8 Å². The smallest absolute Gasteiger partial charge is 0.413 e. The van der Waals surface area contributed by atoms with Crippen LogP contribution < -0.4 is 15.0 Å². The molecule has 1 atom stereocenters. The van der Waals surface area contributed by atoms with E-state index in [0.29, 0.717) is 43.4 Å². The molecule has 38 heavy (non-hydrogen) atoms. The Labute approximate surface area is 218 Å². The number of anilines is 2. The molecule has 3 aliphatic heterocycles. The van der Waals surface area contributed by atoms with Crippen LogP contribution in [0.4, 0.5) is 16.4 Å². The Hall–Kier alpha value is -4.25. The van der Waals surface area contributed by atoms with Gasteiger partial charge in [0.15, 0.2) is 0 Å². The van der Waals surface area contributed by atoms with Gasteiger partial charge in [0, 0.05) is 56.4 Å². The minimum atomic E-state index is -0.686. The third-order valence-electron chi connectivity index (χ3n) is 7.56. The number of pyridine rings is 1. The standard InChI is InChI=1S/C27H27N7O4/c1-16-12-17(13-19-23(16)32-25(31-19)20-5-3-11-36-20)37-22-14-21(29-15-30-22)34-9-6-27(7-10-34)18-4-2-8-28-24(18)33-26(35)38-27/h2,4,8,12-15,20H,3,5-7,9-11H2,1H3,(H,31,32)(H,28,33,35)/t20-/m1/s1. The quantitative estimate of drug-likeness (QED) is 0.397. The first-order chi connectivity index (χ1) is 18.6. The van der Waals surface area contributed by atoms with Crippen LogP contribution in [0.25, 0.3) is 11.0 Å². The van der Waals surface area contributed by atoms with Crippen LogP contribution in [-0.4, -0.2) is 50.7 Å². The number of nitrogens with zero attached hydrogens (tertiary/aromatic N) is 5. The molecule has 194 valence electrons. The summed E-state index contributed by atoms with van der Waals surface area (Å²) in [6, 6.07) is 9.58. The summed E-state index contributed by atoms with van der Waals surface area (Å²) in [6.07, 6.45) is 6.03. The van der Waals surface area contributed by atoms with Gasteiger partial charge in [-0.05, 0) is 43.5 Å². The van der Waals surface area contributed by atoms with E-state index >= 15 is 0 Å². The Kier molecular flexibility index (Phi) is 5.39. The highest BCUT2D eigenvalue weighted by Crippen LogP contribution is 2.43. The first-order valence-corrected chi connectivity index (χ1v) is 12.9. The second-order valence-corrected chi connectivity index (χ2v) is 9.97. The number of piperidine rings is 1. The summed E-state index contributed by atoms with van der Waals surface area (Å²) in [5.74, 6) is 3.32. The number of nitrogens with one attached hydrogen (secondary N) is 2. The number of hydrogen-bond acceptors (Lipinski definition) is 9. The number of carbonyl (C=O) groups is 1. The molecule has 11 heteroatoms. The monoisotopic (exact) mass is 513 g/mol. The molecule has 6 heterocycles. The van der Waals surface area contributed by atoms with Gasteiger partial charge >= 0.3 is 6.09 Å². The first kappa shape index (κ1) is 22.9. The van der Waals surface area contributed by atoms with Crippen LogP contribution >= 0.6 is 0 Å². The van der Waals surface area contributed by atoms with Crippen LogP contribution in [0.2, 0.25) is 0 Å². The van der Waals surface area contributed by atoms with Crippen molar-refractivity contribution in [3.63, 3.8) is 0 Å². The van der Waals surface area contributed by atoms with Gasteiger partial charge in [0.25, 0.3) is 0 Å². The number of imidazole rings is 1. The maximum atomic E-state index is 12.2. The lowest BCUT2D eigenvalue weighted by molar-refractivity contribution is -0.00853. The van der Waals surface area contributed by atoms with Crippen molar-refractivity contribution < 1.29 is 19.0 Å². The molecule has 2 fully saturated rings. The van der Waals surface area contributed by atoms with Crippen molar-refractivity contribution in [2.45, 2.75) is 44.3 Å². The van der Waals surface area contributed by atoms with Crippen LogP contribution in [0, 0.1) is 6.92 Å². The molecule has 0 radical (unpaired) electrons. The fourth-order valence-electron chi connectivity index (χ4n) is 5.66. The van der Waals surface area contributed by atoms with E-state index in [1.54, 1.807) is 6.20 Å². The number of amides is 1. The number of benzene rings is 1. The number of aromatic nitrogens is 5. The molecule has 11 nitrogen and oxygen atoms in total. The lowest BCUT2D eigenvalue weighted by Gasteiger charge is -2.44. The summed E-state index contributed by atoms with van der Waals surface area (Å²) in [5.41, 5.74) is 3.07. The van der Waals surface area contributed by atoms with Gasteiger partial charge in [-0.2, -0.15) is 0 Å². The van der Waals surface area contributed by atoms with Gasteiger partial charge < -0.3 is 24.1 Å². The lowest BCUT2D eigenvalue weighted by atomic mass is 9.83. The molecule has 2 N–H and O–H groups in total. The summed E-state index contributed by atoms with van der Waals surface area (Å²) in [6.45, 7) is 4.11. The zero-order valence-electron chi connectivity index (χ0n) is 20.9. The van der Waals surface area contributed by atoms with E-state index in [9.17, 15) is 4.79 Å². The zero-order valence-corrected chi connectivity index (χ0v) is 20.9. The van der Waals surface area contributed by atoms with E-state index in [1.165, 1.54) is 6.33 Å². The highest BCUT2D eigenvalue weighted by molar-refractivity contribution is 5.87. The van der Waals surface area contributed by atoms with Crippen molar-refractivity contribution in [3.8, 4) is 11.6 Å². The van der Waals surface area contributed by atoms with Gasteiger partial charge in [-0.3, -0.25) is 5.32 Å². The average Bonchev–Trinajstić information content (AvgIpc) is 3.60. The van der Waals surface area contributed by atoms with Gasteiger partial charge in [0.2, 0.25) is 5.88 Å². The molecule has 1 aromatic carbocycles. The van der Waals surface area contributed by atoms with E-state index in [0.717, 1.165) is 53.3 Å². The minimum absolute atomic E-state index is 0.0254. The molecule has 0 saturated carbocycles. The number of aromatic amines is 1. The third kappa shape index (κ3) is 3.99. The van der Waals surface area contributed by atoms with E-state index in [2.05, 4.69) is 30.2 Å². The van der Waals surface area contributed by atoms with E-state index in [1.807, 2.05) is 37.3 Å². The maximum absolute atomic E-state index is 12.2. The van der Waals surface area contributed by atoms with Gasteiger partial charge in [0.1, 0.15) is 41.2 Å². The number of carbonyl (C=O) groups excluding carboxylic acids is 1. The van der Waals surface area contributed by atoms with E-state index in [-0.39, 0.29) is 6.10 Å². The SMILES string of the molecule is Cc1cc(Oc2cc(N3CCC4(CC3)OC(=O)Nc3ncccc34)ncn2)cc2[nH]c([C@H]3CCCO3)nc12. The predicted octanol–water partition coefficient (Wildman–Crippen LogP) is 4.76. The normalized spacial score (nSPS) is 20.3. The van der Waals surface area contributed by atoms with Crippen molar-refractivity contribution in [2.75, 3.05) is 29.9 Å². The number of H-pyrrole nitrogens is 1. The Morgan fingerprint density at radius 2 is 2.05 bits per heavy atom. The summed E-state index contributed by atoms with van der Waals surface area (Å²) in [7, 11) is 0. The Balaban J connectivity index is 1.09. The lowest BCUT2D eigenvalue weighted by Crippen LogP contribution is -2.48. The van der Waals surface area contributed by atoms with Crippen LogP contribution in [-0.2, 0) is 15.1 Å². The fourth-order valence-corrected chi connectivity index (χ4v) is 5.66. The minimum Gasteiger partial charge on any atom is -0.439 e. The summed E-state index contributed by atoms with van der Waals surface area (Å²) < 4.78 is 17.8. The molecular weight excluding hydrogens is 486 g/mol. The number of ether oxygens (including phenoxy) is 3. The van der Waals surface area contributed by atoms with E-state index < -0.39 is 11.7 Å². The van der Waals surface area contributed by atoms with Crippen molar-refractivity contribution in [2.24, 2.45) is 0 Å². The Bertz CT molecular complexity index is 1520. The Morgan fingerprint density at radius 3 is 2.89 bits per heavy atom. The highest BCUT2D eigenvalue weighted by atomic mass is 16.6. The second-order valence-electron chi connectivity index (χ2n) is 9.97. The molecule has 0 unspecified atom stereocenters. The molecule has 1 spiro atoms. The molecule has 3 aromatic heterocycles. The highest BCUT2D eigenvalue weighted by Gasteiger charge is 2.45. The summed E-state index contributed by atoms with van der Waals surface area (Å²) in [4.78, 5) is 35.7. The number of hydrogen-bond donors (Lipinski definition) is 2. The topological polar surface area (TPSA) is 127 Å². The van der Waals surface area contributed by atoms with Crippen LogP contribution in [0.5, 0.6) is 11.6 Å². The van der Waals surface area contributed by atoms with Gasteiger partial charge in [-0.25, -0.2) is 24.7 Å². The van der Waals surface area contributed by atoms with Gasteiger partial charge in [-0.1, -0.05) is 0 Å². The molecule has 0 aliphatic carbocycles. The fraction of sp³-hybridized carbons (Fsp3) is 0.370. The van der Waals surface area contributed by atoms with Crippen molar-refractivity contribution in [1.29, 1.82) is 0 Å². The largest absolute Gasteiger partial charge is 0.439 e. The molecule has 1 amide bonds. The van der Waals surface area contributed by atoms with Crippen molar-refractivity contribution in [3.05, 3.63) is 59.8 Å². The first-order valence-electron chi connectivity index (χ1n) is 12.9. The number of rotatable bonds is 4. The number of fused-ring (bicyclic) bond motifs is 3. The second kappa shape index (κ2) is 8.95. The maximum Gasteiger partial charge on any atom is 0.413 e. The molecule has 2 saturated heterocycles.